The van der Waals surface area contributed by atoms with Crippen LogP contribution in [0.5, 0.6) is 0 Å². The van der Waals surface area contributed by atoms with Crippen LogP contribution in [0.15, 0.2) is 0 Å². The highest BCUT2D eigenvalue weighted by Gasteiger charge is 2.38. The Morgan fingerprint density at radius 2 is 2.24 bits per heavy atom. The summed E-state index contributed by atoms with van der Waals surface area (Å²) in [5.74, 6) is 0. The van der Waals surface area contributed by atoms with Gasteiger partial charge in [0.15, 0.2) is 10.8 Å². The highest BCUT2D eigenvalue weighted by molar-refractivity contribution is 7.16. The number of nitrogens with zero attached hydrogens (tertiary/aromatic N) is 2. The Morgan fingerprint density at radius 1 is 1.52 bits per heavy atom. The lowest BCUT2D eigenvalue weighted by Gasteiger charge is -2.32. The fourth-order valence-electron chi connectivity index (χ4n) is 1.96. The molecule has 10 heteroatoms. The average molecular weight is 323 g/mol. The SMILES string of the molecule is N#Cc1sc(N[C@H]2CO[C@H](CO)[C@H](O)C2)nc1C(F)(F)F. The lowest BCUT2D eigenvalue weighted by atomic mass is 10.0. The molecule has 0 aromatic carbocycles. The van der Waals surface area contributed by atoms with E-state index in [0.717, 1.165) is 0 Å². The number of nitrogens with one attached hydrogen (secondary N) is 1. The number of aliphatic hydroxyl groups is 2. The van der Waals surface area contributed by atoms with Crippen LogP contribution in [0.4, 0.5) is 18.3 Å². The summed E-state index contributed by atoms with van der Waals surface area (Å²) in [6, 6.07) is 1.02. The minimum Gasteiger partial charge on any atom is -0.394 e. The molecule has 116 valence electrons. The van der Waals surface area contributed by atoms with Crippen LogP contribution in [0, 0.1) is 11.3 Å². The summed E-state index contributed by atoms with van der Waals surface area (Å²) < 4.78 is 43.2. The number of nitriles is 1. The van der Waals surface area contributed by atoms with Crippen molar-refractivity contribution in [2.24, 2.45) is 0 Å². The number of aromatic nitrogens is 1. The zero-order chi connectivity index (χ0) is 15.6. The molecule has 0 radical (unpaired) electrons. The van der Waals surface area contributed by atoms with Gasteiger partial charge < -0.3 is 20.3 Å². The molecule has 0 amide bonds. The van der Waals surface area contributed by atoms with E-state index in [9.17, 15) is 18.3 Å². The first kappa shape index (κ1) is 16.0. The third-order valence-electron chi connectivity index (χ3n) is 2.97. The fraction of sp³-hybridized carbons (Fsp3) is 0.636. The highest BCUT2D eigenvalue weighted by Crippen LogP contribution is 2.36. The van der Waals surface area contributed by atoms with E-state index >= 15 is 0 Å². The van der Waals surface area contributed by atoms with Gasteiger partial charge in [-0.05, 0) is 6.42 Å². The van der Waals surface area contributed by atoms with Gasteiger partial charge in [-0.25, -0.2) is 4.98 Å². The number of rotatable bonds is 3. The zero-order valence-electron chi connectivity index (χ0n) is 10.6. The lowest BCUT2D eigenvalue weighted by molar-refractivity contribution is -0.140. The van der Waals surface area contributed by atoms with Gasteiger partial charge in [0.2, 0.25) is 0 Å². The molecule has 1 aliphatic rings. The van der Waals surface area contributed by atoms with Gasteiger partial charge in [0.25, 0.3) is 0 Å². The normalized spacial score (nSPS) is 26.4. The van der Waals surface area contributed by atoms with E-state index in [1.165, 1.54) is 6.07 Å². The van der Waals surface area contributed by atoms with E-state index in [4.69, 9.17) is 15.1 Å². The summed E-state index contributed by atoms with van der Waals surface area (Å²) in [6.07, 6.45) is -6.10. The Morgan fingerprint density at radius 3 is 2.71 bits per heavy atom. The van der Waals surface area contributed by atoms with Crippen molar-refractivity contribution >= 4 is 16.5 Å². The Labute approximate surface area is 121 Å². The molecule has 1 fully saturated rings. The van der Waals surface area contributed by atoms with Gasteiger partial charge in [-0.3, -0.25) is 0 Å². The van der Waals surface area contributed by atoms with Gasteiger partial charge in [-0.2, -0.15) is 18.4 Å². The summed E-state index contributed by atoms with van der Waals surface area (Å²) in [6.45, 7) is -0.215. The first-order chi connectivity index (χ1) is 9.85. The van der Waals surface area contributed by atoms with Crippen molar-refractivity contribution in [2.45, 2.75) is 30.8 Å². The number of alkyl halides is 3. The highest BCUT2D eigenvalue weighted by atomic mass is 32.1. The van der Waals surface area contributed by atoms with E-state index in [2.05, 4.69) is 10.3 Å². The van der Waals surface area contributed by atoms with Crippen LogP contribution in [0.3, 0.4) is 0 Å². The third-order valence-corrected chi connectivity index (χ3v) is 3.86. The van der Waals surface area contributed by atoms with Crippen LogP contribution in [0.2, 0.25) is 0 Å². The predicted octanol–water partition coefficient (Wildman–Crippen LogP) is 0.956. The largest absolute Gasteiger partial charge is 0.435 e. The molecule has 2 heterocycles. The van der Waals surface area contributed by atoms with Crippen molar-refractivity contribution in [1.29, 1.82) is 5.26 Å². The minimum atomic E-state index is -4.69. The second kappa shape index (κ2) is 6.15. The molecular weight excluding hydrogens is 311 g/mol. The topological polar surface area (TPSA) is 98.4 Å². The Balaban J connectivity index is 2.08. The van der Waals surface area contributed by atoms with Crippen molar-refractivity contribution < 1.29 is 28.1 Å². The monoisotopic (exact) mass is 323 g/mol. The molecule has 0 unspecified atom stereocenters. The number of halogens is 3. The van der Waals surface area contributed by atoms with E-state index in [0.29, 0.717) is 11.3 Å². The molecule has 1 saturated heterocycles. The lowest BCUT2D eigenvalue weighted by Crippen LogP contribution is -2.45. The minimum absolute atomic E-state index is 0.0536. The van der Waals surface area contributed by atoms with Crippen molar-refractivity contribution in [3.8, 4) is 6.07 Å². The van der Waals surface area contributed by atoms with E-state index in [-0.39, 0.29) is 24.8 Å². The number of hydrogen-bond acceptors (Lipinski definition) is 7. The van der Waals surface area contributed by atoms with Gasteiger partial charge in [0.05, 0.1) is 25.4 Å². The molecule has 0 aliphatic carbocycles. The molecule has 1 aromatic heterocycles. The predicted molar refractivity (Wildman–Crippen MR) is 66.7 cm³/mol. The molecule has 1 aromatic rings. The van der Waals surface area contributed by atoms with Gasteiger partial charge >= 0.3 is 6.18 Å². The molecular formula is C11H12F3N3O3S. The zero-order valence-corrected chi connectivity index (χ0v) is 11.4. The van der Waals surface area contributed by atoms with Gasteiger partial charge in [0.1, 0.15) is 17.1 Å². The Kier molecular flexibility index (Phi) is 4.67. The van der Waals surface area contributed by atoms with Crippen LogP contribution in [-0.2, 0) is 10.9 Å². The Bertz CT molecular complexity index is 543. The van der Waals surface area contributed by atoms with Crippen LogP contribution in [0.1, 0.15) is 17.0 Å². The number of ether oxygens (including phenoxy) is 1. The van der Waals surface area contributed by atoms with Gasteiger partial charge in [-0.1, -0.05) is 11.3 Å². The van der Waals surface area contributed by atoms with Gasteiger partial charge in [0, 0.05) is 0 Å². The fourth-order valence-corrected chi connectivity index (χ4v) is 2.82. The molecule has 0 spiro atoms. The van der Waals surface area contributed by atoms with Crippen molar-refractivity contribution in [2.75, 3.05) is 18.5 Å². The molecule has 0 saturated carbocycles. The molecule has 3 N–H and O–H groups in total. The summed E-state index contributed by atoms with van der Waals surface area (Å²) in [7, 11) is 0. The Hall–Kier alpha value is -1.41. The van der Waals surface area contributed by atoms with E-state index in [1.54, 1.807) is 0 Å². The molecule has 1 aliphatic heterocycles. The number of hydrogen-bond donors (Lipinski definition) is 3. The molecule has 0 bridgehead atoms. The number of anilines is 1. The van der Waals surface area contributed by atoms with E-state index in [1.807, 2.05) is 0 Å². The summed E-state index contributed by atoms with van der Waals surface area (Å²) in [4.78, 5) is 2.87. The number of aliphatic hydroxyl groups excluding tert-OH is 2. The smallest absolute Gasteiger partial charge is 0.394 e. The first-order valence-corrected chi connectivity index (χ1v) is 6.82. The molecule has 21 heavy (non-hydrogen) atoms. The molecule has 3 atom stereocenters. The maximum Gasteiger partial charge on any atom is 0.435 e. The quantitative estimate of drug-likeness (QED) is 0.766. The van der Waals surface area contributed by atoms with Crippen LogP contribution >= 0.6 is 11.3 Å². The summed E-state index contributed by atoms with van der Waals surface area (Å²) in [5.41, 5.74) is -1.22. The second-order valence-electron chi connectivity index (χ2n) is 4.50. The molecule has 2 rings (SSSR count). The van der Waals surface area contributed by atoms with E-state index < -0.39 is 35.0 Å². The second-order valence-corrected chi connectivity index (χ2v) is 5.50. The average Bonchev–Trinajstić information content (AvgIpc) is 2.82. The van der Waals surface area contributed by atoms with Crippen molar-refractivity contribution in [1.82, 2.24) is 4.98 Å². The van der Waals surface area contributed by atoms with Crippen molar-refractivity contribution in [3.05, 3.63) is 10.6 Å². The molecule has 6 nitrogen and oxygen atoms in total. The third kappa shape index (κ3) is 3.62. The number of thiazole rings is 1. The van der Waals surface area contributed by atoms with Gasteiger partial charge in [-0.15, -0.1) is 0 Å². The van der Waals surface area contributed by atoms with Crippen LogP contribution in [-0.4, -0.2) is 46.7 Å². The summed E-state index contributed by atoms with van der Waals surface area (Å²) >= 11 is 0.598. The standard InChI is InChI=1S/C11H12F3N3O3S/c12-11(13,14)9-8(2-15)21-10(17-9)16-5-1-6(19)7(3-18)20-4-5/h5-7,18-19H,1,3-4H2,(H,16,17)/t5-,6-,7-/m1/s1. The maximum absolute atomic E-state index is 12.7. The van der Waals surface area contributed by atoms with Crippen LogP contribution in [0.25, 0.3) is 0 Å². The van der Waals surface area contributed by atoms with Crippen LogP contribution < -0.4 is 5.32 Å². The maximum atomic E-state index is 12.7. The first-order valence-electron chi connectivity index (χ1n) is 6.00. The summed E-state index contributed by atoms with van der Waals surface area (Å²) in [5, 5.41) is 30.0. The van der Waals surface area contributed by atoms with Crippen molar-refractivity contribution in [3.63, 3.8) is 0 Å².